The molecule has 0 spiro atoms. The maximum atomic E-state index is 13.1. The maximum absolute atomic E-state index is 13.1. The van der Waals surface area contributed by atoms with Crippen LogP contribution in [0.5, 0.6) is 0 Å². The van der Waals surface area contributed by atoms with Gasteiger partial charge in [0.1, 0.15) is 11.9 Å². The Labute approximate surface area is 107 Å². The highest BCUT2D eigenvalue weighted by atomic mass is 19.1. The summed E-state index contributed by atoms with van der Waals surface area (Å²) in [6.07, 6.45) is 4.61. The summed E-state index contributed by atoms with van der Waals surface area (Å²) < 4.78 is 13.1. The zero-order valence-corrected chi connectivity index (χ0v) is 10.5. The summed E-state index contributed by atoms with van der Waals surface area (Å²) in [5.41, 5.74) is 0.409. The first-order valence-corrected chi connectivity index (χ1v) is 6.17. The van der Waals surface area contributed by atoms with Gasteiger partial charge in [-0.2, -0.15) is 5.26 Å². The van der Waals surface area contributed by atoms with E-state index in [1.807, 2.05) is 0 Å². The number of nitriles is 1. The molecule has 96 valence electrons. The Kier molecular flexibility index (Phi) is 5.86. The van der Waals surface area contributed by atoms with Gasteiger partial charge < -0.3 is 5.32 Å². The van der Waals surface area contributed by atoms with E-state index in [0.717, 1.165) is 25.7 Å². The van der Waals surface area contributed by atoms with Gasteiger partial charge in [0.05, 0.1) is 5.56 Å². The smallest absolute Gasteiger partial charge is 0.224 e. The lowest BCUT2D eigenvalue weighted by molar-refractivity contribution is -0.116. The van der Waals surface area contributed by atoms with Gasteiger partial charge in [0.25, 0.3) is 0 Å². The molecule has 0 unspecified atom stereocenters. The molecule has 1 aromatic rings. The van der Waals surface area contributed by atoms with Crippen LogP contribution in [0.15, 0.2) is 18.2 Å². The Bertz CT molecular complexity index is 452. The van der Waals surface area contributed by atoms with Crippen molar-refractivity contribution in [3.8, 4) is 6.07 Å². The van der Waals surface area contributed by atoms with Crippen molar-refractivity contribution < 1.29 is 9.18 Å². The largest absolute Gasteiger partial charge is 0.326 e. The number of hydrogen-bond acceptors (Lipinski definition) is 2. The van der Waals surface area contributed by atoms with Crippen molar-refractivity contribution in [2.75, 3.05) is 5.32 Å². The molecule has 0 aromatic heterocycles. The number of anilines is 1. The van der Waals surface area contributed by atoms with Gasteiger partial charge >= 0.3 is 0 Å². The van der Waals surface area contributed by atoms with Crippen molar-refractivity contribution in [3.05, 3.63) is 29.6 Å². The van der Waals surface area contributed by atoms with E-state index >= 15 is 0 Å². The molecule has 0 atom stereocenters. The Hall–Kier alpha value is -1.89. The Morgan fingerprint density at radius 1 is 1.39 bits per heavy atom. The molecule has 0 bridgehead atoms. The molecule has 1 aromatic carbocycles. The van der Waals surface area contributed by atoms with E-state index < -0.39 is 5.82 Å². The van der Waals surface area contributed by atoms with E-state index in [-0.39, 0.29) is 11.5 Å². The summed E-state index contributed by atoms with van der Waals surface area (Å²) in [5.74, 6) is -0.667. The van der Waals surface area contributed by atoms with Crippen LogP contribution in [0.1, 0.15) is 44.6 Å². The minimum atomic E-state index is -0.571. The van der Waals surface area contributed by atoms with Gasteiger partial charge in [0.15, 0.2) is 0 Å². The van der Waals surface area contributed by atoms with Crippen molar-refractivity contribution in [2.45, 2.75) is 39.0 Å². The lowest BCUT2D eigenvalue weighted by atomic mass is 10.1. The second-order valence-corrected chi connectivity index (χ2v) is 4.17. The van der Waals surface area contributed by atoms with E-state index in [2.05, 4.69) is 12.2 Å². The number of amides is 1. The summed E-state index contributed by atoms with van der Waals surface area (Å²) in [6, 6.07) is 5.73. The third-order valence-corrected chi connectivity index (χ3v) is 2.63. The molecule has 1 N–H and O–H groups in total. The number of halogens is 1. The fourth-order valence-electron chi connectivity index (χ4n) is 1.62. The average molecular weight is 248 g/mol. The first-order chi connectivity index (χ1) is 8.67. The Morgan fingerprint density at radius 3 is 2.83 bits per heavy atom. The molecule has 0 saturated heterocycles. The SMILES string of the molecule is CCCCCCC(=O)Nc1ccc(F)c(C#N)c1. The topological polar surface area (TPSA) is 52.9 Å². The van der Waals surface area contributed by atoms with E-state index in [0.29, 0.717) is 12.1 Å². The van der Waals surface area contributed by atoms with Crippen molar-refractivity contribution in [1.82, 2.24) is 0 Å². The second-order valence-electron chi connectivity index (χ2n) is 4.17. The number of nitrogens with one attached hydrogen (secondary N) is 1. The predicted molar refractivity (Wildman–Crippen MR) is 68.5 cm³/mol. The highest BCUT2D eigenvalue weighted by Crippen LogP contribution is 2.14. The third-order valence-electron chi connectivity index (χ3n) is 2.63. The molecule has 0 aliphatic carbocycles. The van der Waals surface area contributed by atoms with Gasteiger partial charge in [-0.05, 0) is 24.6 Å². The first-order valence-electron chi connectivity index (χ1n) is 6.17. The monoisotopic (exact) mass is 248 g/mol. The van der Waals surface area contributed by atoms with Crippen molar-refractivity contribution in [1.29, 1.82) is 5.26 Å². The molecule has 1 amide bonds. The number of carbonyl (C=O) groups is 1. The number of benzene rings is 1. The molecule has 4 heteroatoms. The number of nitrogens with zero attached hydrogens (tertiary/aromatic N) is 1. The number of carbonyl (C=O) groups excluding carboxylic acids is 1. The molecular weight excluding hydrogens is 231 g/mol. The summed E-state index contributed by atoms with van der Waals surface area (Å²) in [7, 11) is 0. The highest BCUT2D eigenvalue weighted by molar-refractivity contribution is 5.90. The molecule has 0 aliphatic heterocycles. The van der Waals surface area contributed by atoms with Gasteiger partial charge in [-0.15, -0.1) is 0 Å². The third kappa shape index (κ3) is 4.54. The first kappa shape index (κ1) is 14.2. The standard InChI is InChI=1S/C14H17FN2O/c1-2-3-4-5-6-14(18)17-12-7-8-13(15)11(9-12)10-16/h7-9H,2-6H2,1H3,(H,17,18). The van der Waals surface area contributed by atoms with Crippen LogP contribution in [0.25, 0.3) is 0 Å². The quantitative estimate of drug-likeness (QED) is 0.782. The number of hydrogen-bond donors (Lipinski definition) is 1. The normalized spacial score (nSPS) is 9.83. The Morgan fingerprint density at radius 2 is 2.17 bits per heavy atom. The number of rotatable bonds is 6. The molecule has 3 nitrogen and oxygen atoms in total. The zero-order chi connectivity index (χ0) is 13.4. The fourth-order valence-corrected chi connectivity index (χ4v) is 1.62. The fraction of sp³-hybridized carbons (Fsp3) is 0.429. The van der Waals surface area contributed by atoms with Crippen LogP contribution in [0, 0.1) is 17.1 Å². The average Bonchev–Trinajstić information content (AvgIpc) is 2.37. The highest BCUT2D eigenvalue weighted by Gasteiger charge is 2.05. The molecule has 0 radical (unpaired) electrons. The lowest BCUT2D eigenvalue weighted by Crippen LogP contribution is -2.11. The van der Waals surface area contributed by atoms with Gasteiger partial charge in [0.2, 0.25) is 5.91 Å². The molecule has 0 heterocycles. The molecule has 0 aliphatic rings. The minimum Gasteiger partial charge on any atom is -0.326 e. The van der Waals surface area contributed by atoms with Crippen LogP contribution >= 0.6 is 0 Å². The number of unbranched alkanes of at least 4 members (excludes halogenated alkanes) is 3. The van der Waals surface area contributed by atoms with Gasteiger partial charge in [-0.3, -0.25) is 4.79 Å². The van der Waals surface area contributed by atoms with Gasteiger partial charge in [-0.25, -0.2) is 4.39 Å². The minimum absolute atomic E-state index is 0.0567. The summed E-state index contributed by atoms with van der Waals surface area (Å²) in [5, 5.41) is 11.3. The van der Waals surface area contributed by atoms with Crippen LogP contribution in [-0.2, 0) is 4.79 Å². The van der Waals surface area contributed by atoms with Gasteiger partial charge in [-0.1, -0.05) is 26.2 Å². The lowest BCUT2D eigenvalue weighted by Gasteiger charge is -2.05. The van der Waals surface area contributed by atoms with E-state index in [1.54, 1.807) is 6.07 Å². The van der Waals surface area contributed by atoms with Crippen LogP contribution in [0.2, 0.25) is 0 Å². The molecule has 0 saturated carbocycles. The molecular formula is C14H17FN2O. The molecule has 1 rings (SSSR count). The maximum Gasteiger partial charge on any atom is 0.224 e. The van der Waals surface area contributed by atoms with Crippen molar-refractivity contribution >= 4 is 11.6 Å². The van der Waals surface area contributed by atoms with E-state index in [1.165, 1.54) is 18.2 Å². The van der Waals surface area contributed by atoms with Gasteiger partial charge in [0, 0.05) is 12.1 Å². The van der Waals surface area contributed by atoms with E-state index in [9.17, 15) is 9.18 Å². The summed E-state index contributed by atoms with van der Waals surface area (Å²) in [6.45, 7) is 2.11. The zero-order valence-electron chi connectivity index (χ0n) is 10.5. The predicted octanol–water partition coefficient (Wildman–Crippen LogP) is 3.61. The van der Waals surface area contributed by atoms with Crippen LogP contribution in [0.4, 0.5) is 10.1 Å². The second kappa shape index (κ2) is 7.44. The summed E-state index contributed by atoms with van der Waals surface area (Å²) in [4.78, 5) is 11.6. The van der Waals surface area contributed by atoms with Crippen LogP contribution in [-0.4, -0.2) is 5.91 Å². The van der Waals surface area contributed by atoms with Crippen molar-refractivity contribution in [3.63, 3.8) is 0 Å². The van der Waals surface area contributed by atoms with Crippen molar-refractivity contribution in [2.24, 2.45) is 0 Å². The van der Waals surface area contributed by atoms with E-state index in [4.69, 9.17) is 5.26 Å². The van der Waals surface area contributed by atoms with Crippen LogP contribution in [0.3, 0.4) is 0 Å². The molecule has 0 fully saturated rings. The van der Waals surface area contributed by atoms with Crippen LogP contribution < -0.4 is 5.32 Å². The Balaban J connectivity index is 2.47. The molecule has 18 heavy (non-hydrogen) atoms. The summed E-state index contributed by atoms with van der Waals surface area (Å²) >= 11 is 0.